The lowest BCUT2D eigenvalue weighted by molar-refractivity contribution is -0.115. The molecular formula is C19H22N2O2. The second-order valence-corrected chi connectivity index (χ2v) is 6.05. The van der Waals surface area contributed by atoms with Crippen LogP contribution < -0.4 is 11.1 Å². The second kappa shape index (κ2) is 7.58. The monoisotopic (exact) mass is 310 g/mol. The first-order chi connectivity index (χ1) is 11.0. The molecule has 2 amide bonds. The molecule has 0 unspecified atom stereocenters. The minimum absolute atomic E-state index is 0.171. The summed E-state index contributed by atoms with van der Waals surface area (Å²) in [6.45, 7) is 4.36. The Hall–Kier alpha value is -2.62. The molecule has 120 valence electrons. The minimum Gasteiger partial charge on any atom is -0.366 e. The number of benzene rings is 2. The summed E-state index contributed by atoms with van der Waals surface area (Å²) >= 11 is 0. The zero-order valence-electron chi connectivity index (χ0n) is 13.5. The standard InChI is InChI=1S/C19H22N2O2/c1-13(2)11-14-7-9-15(10-8-14)12-18(22)21-17-6-4-3-5-16(17)19(20)23/h3-10,13H,11-12H2,1-2H3,(H2,20,23)(H,21,22). The lowest BCUT2D eigenvalue weighted by atomic mass is 10.0. The van der Waals surface area contributed by atoms with E-state index >= 15 is 0 Å². The Morgan fingerprint density at radius 2 is 1.61 bits per heavy atom. The first-order valence-corrected chi connectivity index (χ1v) is 7.72. The van der Waals surface area contributed by atoms with Crippen molar-refractivity contribution in [3.05, 3.63) is 65.2 Å². The first-order valence-electron chi connectivity index (χ1n) is 7.72. The third-order valence-corrected chi connectivity index (χ3v) is 3.50. The van der Waals surface area contributed by atoms with Gasteiger partial charge in [-0.05, 0) is 35.6 Å². The molecule has 2 rings (SSSR count). The molecule has 0 aliphatic heterocycles. The van der Waals surface area contributed by atoms with E-state index < -0.39 is 5.91 Å². The molecule has 0 aliphatic rings. The van der Waals surface area contributed by atoms with Crippen LogP contribution in [0.25, 0.3) is 0 Å². The minimum atomic E-state index is -0.557. The van der Waals surface area contributed by atoms with Crippen LogP contribution in [0, 0.1) is 5.92 Å². The fourth-order valence-corrected chi connectivity index (χ4v) is 2.45. The van der Waals surface area contributed by atoms with Gasteiger partial charge in [-0.25, -0.2) is 0 Å². The number of anilines is 1. The van der Waals surface area contributed by atoms with Gasteiger partial charge in [0.2, 0.25) is 5.91 Å². The van der Waals surface area contributed by atoms with E-state index in [0.717, 1.165) is 12.0 Å². The zero-order chi connectivity index (χ0) is 16.8. The van der Waals surface area contributed by atoms with Gasteiger partial charge < -0.3 is 11.1 Å². The van der Waals surface area contributed by atoms with Gasteiger partial charge in [-0.15, -0.1) is 0 Å². The molecule has 4 nitrogen and oxygen atoms in total. The van der Waals surface area contributed by atoms with Gasteiger partial charge in [0, 0.05) is 0 Å². The molecule has 0 heterocycles. The highest BCUT2D eigenvalue weighted by Crippen LogP contribution is 2.15. The molecule has 0 fully saturated rings. The van der Waals surface area contributed by atoms with Crippen molar-refractivity contribution in [2.45, 2.75) is 26.7 Å². The Bertz CT molecular complexity index is 691. The first kappa shape index (κ1) is 16.7. The van der Waals surface area contributed by atoms with Crippen molar-refractivity contribution in [1.82, 2.24) is 0 Å². The van der Waals surface area contributed by atoms with E-state index in [9.17, 15) is 9.59 Å². The lowest BCUT2D eigenvalue weighted by Gasteiger charge is -2.09. The van der Waals surface area contributed by atoms with Crippen LogP contribution in [0.5, 0.6) is 0 Å². The van der Waals surface area contributed by atoms with Crippen LogP contribution in [-0.2, 0) is 17.6 Å². The second-order valence-electron chi connectivity index (χ2n) is 6.05. The normalized spacial score (nSPS) is 10.6. The summed E-state index contributed by atoms with van der Waals surface area (Å²) in [6.07, 6.45) is 1.29. The van der Waals surface area contributed by atoms with Crippen LogP contribution in [0.3, 0.4) is 0 Å². The molecule has 0 spiro atoms. The molecule has 23 heavy (non-hydrogen) atoms. The highest BCUT2D eigenvalue weighted by Gasteiger charge is 2.10. The smallest absolute Gasteiger partial charge is 0.250 e. The SMILES string of the molecule is CC(C)Cc1ccc(CC(=O)Nc2ccccc2C(N)=O)cc1. The Labute approximate surface area is 136 Å². The maximum absolute atomic E-state index is 12.2. The molecule has 0 atom stereocenters. The predicted molar refractivity (Wildman–Crippen MR) is 92.3 cm³/mol. The quantitative estimate of drug-likeness (QED) is 0.860. The number of hydrogen-bond donors (Lipinski definition) is 2. The van der Waals surface area contributed by atoms with Crippen molar-refractivity contribution >= 4 is 17.5 Å². The number of amides is 2. The summed E-state index contributed by atoms with van der Waals surface area (Å²) in [7, 11) is 0. The van der Waals surface area contributed by atoms with Crippen molar-refractivity contribution in [3.8, 4) is 0 Å². The number of primary amides is 1. The Balaban J connectivity index is 2.01. The van der Waals surface area contributed by atoms with Gasteiger partial charge in [-0.3, -0.25) is 9.59 Å². The molecule has 0 aromatic heterocycles. The van der Waals surface area contributed by atoms with E-state index in [2.05, 4.69) is 31.3 Å². The van der Waals surface area contributed by atoms with Crippen molar-refractivity contribution in [3.63, 3.8) is 0 Å². The van der Waals surface area contributed by atoms with Crippen molar-refractivity contribution in [1.29, 1.82) is 0 Å². The largest absolute Gasteiger partial charge is 0.366 e. The summed E-state index contributed by atoms with van der Waals surface area (Å²) in [5, 5.41) is 2.75. The number of carbonyl (C=O) groups excluding carboxylic acids is 2. The molecule has 3 N–H and O–H groups in total. The van der Waals surface area contributed by atoms with Gasteiger partial charge in [-0.2, -0.15) is 0 Å². The summed E-state index contributed by atoms with van der Waals surface area (Å²) < 4.78 is 0. The molecule has 2 aromatic carbocycles. The van der Waals surface area contributed by atoms with Gasteiger partial charge >= 0.3 is 0 Å². The molecule has 2 aromatic rings. The Morgan fingerprint density at radius 3 is 2.22 bits per heavy atom. The van der Waals surface area contributed by atoms with Crippen LogP contribution in [0.1, 0.15) is 35.3 Å². The summed E-state index contributed by atoms with van der Waals surface area (Å²) in [6, 6.07) is 14.8. The molecule has 0 bridgehead atoms. The van der Waals surface area contributed by atoms with Gasteiger partial charge in [0.1, 0.15) is 0 Å². The number of carbonyl (C=O) groups is 2. The maximum Gasteiger partial charge on any atom is 0.250 e. The molecule has 0 radical (unpaired) electrons. The van der Waals surface area contributed by atoms with Crippen LogP contribution >= 0.6 is 0 Å². The molecule has 0 saturated heterocycles. The lowest BCUT2D eigenvalue weighted by Crippen LogP contribution is -2.19. The number of hydrogen-bond acceptors (Lipinski definition) is 2. The van der Waals surface area contributed by atoms with Gasteiger partial charge in [0.25, 0.3) is 5.91 Å². The molecule has 0 aliphatic carbocycles. The van der Waals surface area contributed by atoms with Crippen molar-refractivity contribution < 1.29 is 9.59 Å². The Kier molecular flexibility index (Phi) is 5.52. The summed E-state index contributed by atoms with van der Waals surface area (Å²) in [5.74, 6) is -0.122. The Morgan fingerprint density at radius 1 is 1.00 bits per heavy atom. The predicted octanol–water partition coefficient (Wildman–Crippen LogP) is 3.17. The van der Waals surface area contributed by atoms with Gasteiger partial charge in [0.05, 0.1) is 17.7 Å². The number of para-hydroxylation sites is 1. The van der Waals surface area contributed by atoms with E-state index in [0.29, 0.717) is 17.2 Å². The summed E-state index contributed by atoms with van der Waals surface area (Å²) in [4.78, 5) is 23.5. The van der Waals surface area contributed by atoms with Crippen LogP contribution in [-0.4, -0.2) is 11.8 Å². The molecular weight excluding hydrogens is 288 g/mol. The summed E-state index contributed by atoms with van der Waals surface area (Å²) in [5.41, 5.74) is 8.27. The van der Waals surface area contributed by atoms with E-state index in [1.807, 2.05) is 12.1 Å². The average Bonchev–Trinajstić information content (AvgIpc) is 2.49. The van der Waals surface area contributed by atoms with Crippen LogP contribution in [0.15, 0.2) is 48.5 Å². The fraction of sp³-hybridized carbons (Fsp3) is 0.263. The van der Waals surface area contributed by atoms with Gasteiger partial charge in [0.15, 0.2) is 0 Å². The fourth-order valence-electron chi connectivity index (χ4n) is 2.45. The van der Waals surface area contributed by atoms with Crippen LogP contribution in [0.4, 0.5) is 5.69 Å². The topological polar surface area (TPSA) is 72.2 Å². The van der Waals surface area contributed by atoms with E-state index in [1.165, 1.54) is 5.56 Å². The molecule has 4 heteroatoms. The third-order valence-electron chi connectivity index (χ3n) is 3.50. The average molecular weight is 310 g/mol. The highest BCUT2D eigenvalue weighted by molar-refractivity contribution is 6.03. The molecule has 0 saturated carbocycles. The highest BCUT2D eigenvalue weighted by atomic mass is 16.2. The number of nitrogens with one attached hydrogen (secondary N) is 1. The van der Waals surface area contributed by atoms with Crippen LogP contribution in [0.2, 0.25) is 0 Å². The third kappa shape index (κ3) is 4.95. The number of rotatable bonds is 6. The van der Waals surface area contributed by atoms with E-state index in [-0.39, 0.29) is 12.3 Å². The number of nitrogens with two attached hydrogens (primary N) is 1. The van der Waals surface area contributed by atoms with Gasteiger partial charge in [-0.1, -0.05) is 50.2 Å². The maximum atomic E-state index is 12.2. The van der Waals surface area contributed by atoms with Crippen molar-refractivity contribution in [2.24, 2.45) is 11.7 Å². The zero-order valence-corrected chi connectivity index (χ0v) is 13.5. The van der Waals surface area contributed by atoms with Crippen molar-refractivity contribution in [2.75, 3.05) is 5.32 Å². The van der Waals surface area contributed by atoms with E-state index in [4.69, 9.17) is 5.73 Å². The van der Waals surface area contributed by atoms with E-state index in [1.54, 1.807) is 24.3 Å².